The molecule has 0 bridgehead atoms. The average Bonchev–Trinajstić information content (AvgIpc) is 3.19. The van der Waals surface area contributed by atoms with Gasteiger partial charge in [-0.15, -0.1) is 11.3 Å². The molecule has 0 aliphatic carbocycles. The molecular weight excluding hydrogens is 386 g/mol. The topological polar surface area (TPSA) is 45.3 Å². The SMILES string of the molecule is COC1CCN(C(=O)N2CCc3cc(OCCCN4CCCCC4)sc3C2)CC1. The third-order valence-electron chi connectivity index (χ3n) is 6.49. The highest BCUT2D eigenvalue weighted by atomic mass is 32.1. The number of likely N-dealkylation sites (tertiary alicyclic amines) is 2. The maximum absolute atomic E-state index is 12.9. The molecular formula is C22H35N3O3S. The number of hydrogen-bond donors (Lipinski definition) is 0. The number of hydrogen-bond acceptors (Lipinski definition) is 5. The summed E-state index contributed by atoms with van der Waals surface area (Å²) in [7, 11) is 1.76. The van der Waals surface area contributed by atoms with E-state index in [1.54, 1.807) is 18.4 Å². The van der Waals surface area contributed by atoms with E-state index in [1.807, 2.05) is 9.80 Å². The number of carbonyl (C=O) groups excluding carboxylic acids is 1. The Labute approximate surface area is 178 Å². The van der Waals surface area contributed by atoms with Gasteiger partial charge in [-0.3, -0.25) is 0 Å². The van der Waals surface area contributed by atoms with Gasteiger partial charge >= 0.3 is 6.03 Å². The largest absolute Gasteiger partial charge is 0.484 e. The fourth-order valence-electron chi connectivity index (χ4n) is 4.65. The first kappa shape index (κ1) is 20.9. The predicted octanol–water partition coefficient (Wildman–Crippen LogP) is 3.59. The number of nitrogens with zero attached hydrogens (tertiary/aromatic N) is 3. The van der Waals surface area contributed by atoms with E-state index in [0.29, 0.717) is 6.10 Å². The molecule has 2 saturated heterocycles. The number of rotatable bonds is 6. The average molecular weight is 422 g/mol. The van der Waals surface area contributed by atoms with Crippen LogP contribution in [-0.2, 0) is 17.7 Å². The maximum atomic E-state index is 12.9. The highest BCUT2D eigenvalue weighted by Crippen LogP contribution is 2.34. The Balaban J connectivity index is 1.22. The van der Waals surface area contributed by atoms with Gasteiger partial charge in [0, 0.05) is 38.2 Å². The molecule has 0 unspecified atom stereocenters. The molecule has 0 spiro atoms. The lowest BCUT2D eigenvalue weighted by atomic mass is 10.1. The Kier molecular flexibility index (Phi) is 7.32. The van der Waals surface area contributed by atoms with E-state index in [0.717, 1.165) is 70.1 Å². The van der Waals surface area contributed by atoms with Gasteiger partial charge in [0.15, 0.2) is 5.06 Å². The molecule has 6 nitrogen and oxygen atoms in total. The fourth-order valence-corrected chi connectivity index (χ4v) is 5.75. The number of methoxy groups -OCH3 is 1. The van der Waals surface area contributed by atoms with E-state index >= 15 is 0 Å². The first-order valence-corrected chi connectivity index (χ1v) is 12.1. The van der Waals surface area contributed by atoms with Crippen molar-refractivity contribution in [3.8, 4) is 5.06 Å². The summed E-state index contributed by atoms with van der Waals surface area (Å²) in [5.74, 6) is 0. The third kappa shape index (κ3) is 5.44. The third-order valence-corrected chi connectivity index (χ3v) is 7.56. The van der Waals surface area contributed by atoms with Crippen molar-refractivity contribution < 1.29 is 14.3 Å². The van der Waals surface area contributed by atoms with E-state index in [-0.39, 0.29) is 6.03 Å². The molecule has 29 heavy (non-hydrogen) atoms. The number of piperidine rings is 2. The van der Waals surface area contributed by atoms with Crippen LogP contribution in [0.4, 0.5) is 4.79 Å². The van der Waals surface area contributed by atoms with Crippen molar-refractivity contribution in [1.29, 1.82) is 0 Å². The zero-order valence-electron chi connectivity index (χ0n) is 17.7. The van der Waals surface area contributed by atoms with Gasteiger partial charge in [0.25, 0.3) is 0 Å². The van der Waals surface area contributed by atoms with Crippen LogP contribution in [0.5, 0.6) is 5.06 Å². The predicted molar refractivity (Wildman–Crippen MR) is 116 cm³/mol. The number of urea groups is 1. The second-order valence-corrected chi connectivity index (χ2v) is 9.59. The van der Waals surface area contributed by atoms with Crippen molar-refractivity contribution in [2.24, 2.45) is 0 Å². The molecule has 3 aliphatic rings. The quantitative estimate of drug-likeness (QED) is 0.659. The zero-order valence-corrected chi connectivity index (χ0v) is 18.6. The second kappa shape index (κ2) is 10.1. The molecule has 1 aromatic rings. The molecule has 2 fully saturated rings. The Morgan fingerprint density at radius 1 is 1.10 bits per heavy atom. The normalized spacial score (nSPS) is 21.3. The van der Waals surface area contributed by atoms with Gasteiger partial charge in [-0.1, -0.05) is 6.42 Å². The summed E-state index contributed by atoms with van der Waals surface area (Å²) < 4.78 is 11.5. The maximum Gasteiger partial charge on any atom is 0.320 e. The number of amides is 2. The highest BCUT2D eigenvalue weighted by Gasteiger charge is 2.29. The number of thiophene rings is 1. The van der Waals surface area contributed by atoms with Gasteiger partial charge in [-0.05, 0) is 63.2 Å². The van der Waals surface area contributed by atoms with Crippen LogP contribution < -0.4 is 4.74 Å². The molecule has 0 aromatic carbocycles. The minimum absolute atomic E-state index is 0.183. The Bertz CT molecular complexity index is 666. The lowest BCUT2D eigenvalue weighted by Gasteiger charge is -2.36. The summed E-state index contributed by atoms with van der Waals surface area (Å²) >= 11 is 1.72. The van der Waals surface area contributed by atoms with Crippen molar-refractivity contribution in [2.45, 2.75) is 57.6 Å². The molecule has 0 N–H and O–H groups in total. The van der Waals surface area contributed by atoms with Crippen molar-refractivity contribution in [2.75, 3.05) is 53.0 Å². The summed E-state index contributed by atoms with van der Waals surface area (Å²) in [6, 6.07) is 2.38. The minimum atomic E-state index is 0.183. The van der Waals surface area contributed by atoms with E-state index in [2.05, 4.69) is 11.0 Å². The lowest BCUT2D eigenvalue weighted by Crippen LogP contribution is -2.48. The second-order valence-electron chi connectivity index (χ2n) is 8.49. The van der Waals surface area contributed by atoms with Crippen molar-refractivity contribution in [3.05, 3.63) is 16.5 Å². The summed E-state index contributed by atoms with van der Waals surface area (Å²) in [5, 5.41) is 1.02. The molecule has 2 amide bonds. The van der Waals surface area contributed by atoms with Gasteiger partial charge in [-0.25, -0.2) is 4.79 Å². The molecule has 0 radical (unpaired) electrons. The summed E-state index contributed by atoms with van der Waals surface area (Å²) in [6.45, 7) is 7.56. The molecule has 162 valence electrons. The molecule has 4 rings (SSSR count). The van der Waals surface area contributed by atoms with Gasteiger partial charge in [0.2, 0.25) is 0 Å². The smallest absolute Gasteiger partial charge is 0.320 e. The summed E-state index contributed by atoms with van der Waals surface area (Å²) in [5.41, 5.74) is 1.36. The van der Waals surface area contributed by atoms with E-state index in [4.69, 9.17) is 9.47 Å². The van der Waals surface area contributed by atoms with Gasteiger partial charge in [-0.2, -0.15) is 0 Å². The lowest BCUT2D eigenvalue weighted by molar-refractivity contribution is 0.0439. The molecule has 3 aliphatic heterocycles. The van der Waals surface area contributed by atoms with E-state index in [1.165, 1.54) is 42.8 Å². The molecule has 0 saturated carbocycles. The first-order chi connectivity index (χ1) is 14.2. The van der Waals surface area contributed by atoms with E-state index in [9.17, 15) is 4.79 Å². The standard InChI is InChI=1S/C22H35N3O3S/c1-27-19-7-13-24(14-8-19)22(26)25-12-6-18-16-21(29-20(18)17-25)28-15-5-11-23-9-3-2-4-10-23/h16,19H,2-15,17H2,1H3. The van der Waals surface area contributed by atoms with Crippen LogP contribution >= 0.6 is 11.3 Å². The molecule has 4 heterocycles. The molecule has 1 aromatic heterocycles. The van der Waals surface area contributed by atoms with Crippen LogP contribution in [0.25, 0.3) is 0 Å². The summed E-state index contributed by atoms with van der Waals surface area (Å²) in [4.78, 5) is 20.8. The minimum Gasteiger partial charge on any atom is -0.484 e. The molecule has 0 atom stereocenters. The monoisotopic (exact) mass is 421 g/mol. The van der Waals surface area contributed by atoms with Crippen LogP contribution in [0.15, 0.2) is 6.07 Å². The zero-order chi connectivity index (χ0) is 20.1. The van der Waals surface area contributed by atoms with Gasteiger partial charge in [0.1, 0.15) is 0 Å². The van der Waals surface area contributed by atoms with Crippen LogP contribution in [0.2, 0.25) is 0 Å². The van der Waals surface area contributed by atoms with Crippen LogP contribution in [0.3, 0.4) is 0 Å². The fraction of sp³-hybridized carbons (Fsp3) is 0.773. The van der Waals surface area contributed by atoms with Crippen molar-refractivity contribution >= 4 is 17.4 Å². The Hall–Kier alpha value is -1.31. The number of ether oxygens (including phenoxy) is 2. The summed E-state index contributed by atoms with van der Waals surface area (Å²) in [6.07, 6.45) is 8.28. The van der Waals surface area contributed by atoms with Gasteiger partial charge in [0.05, 0.1) is 19.3 Å². The van der Waals surface area contributed by atoms with Gasteiger partial charge < -0.3 is 24.2 Å². The highest BCUT2D eigenvalue weighted by molar-refractivity contribution is 7.14. The molecule has 7 heteroatoms. The van der Waals surface area contributed by atoms with Crippen LogP contribution in [0, 0.1) is 0 Å². The number of carbonyl (C=O) groups is 1. The van der Waals surface area contributed by atoms with Crippen molar-refractivity contribution in [1.82, 2.24) is 14.7 Å². The van der Waals surface area contributed by atoms with Crippen molar-refractivity contribution in [3.63, 3.8) is 0 Å². The van der Waals surface area contributed by atoms with Crippen LogP contribution in [-0.4, -0.2) is 79.8 Å². The van der Waals surface area contributed by atoms with E-state index < -0.39 is 0 Å². The first-order valence-electron chi connectivity index (χ1n) is 11.3. The Morgan fingerprint density at radius 3 is 2.66 bits per heavy atom. The Morgan fingerprint density at radius 2 is 1.90 bits per heavy atom. The number of fused-ring (bicyclic) bond motifs is 1. The van der Waals surface area contributed by atoms with Crippen LogP contribution in [0.1, 0.15) is 49.0 Å².